The average molecular weight is 335 g/mol. The van der Waals surface area contributed by atoms with Crippen molar-refractivity contribution in [3.63, 3.8) is 0 Å². The first-order valence-electron chi connectivity index (χ1n) is 10.1. The van der Waals surface area contributed by atoms with Crippen LogP contribution in [0.2, 0.25) is 0 Å². The van der Waals surface area contributed by atoms with Crippen molar-refractivity contribution in [1.82, 2.24) is 10.6 Å². The van der Waals surface area contributed by atoms with Crippen LogP contribution in [0, 0.1) is 23.2 Å². The number of hydrogen-bond acceptors (Lipinski definition) is 2. The van der Waals surface area contributed by atoms with E-state index in [0.717, 1.165) is 62.9 Å². The SMILES string of the molecule is CC(=O)NCCCCCNC(=O)CCC12CC3CC(CC(C3)C1)C2. The van der Waals surface area contributed by atoms with Crippen LogP contribution in [0.4, 0.5) is 0 Å². The molecule has 4 aliphatic carbocycles. The van der Waals surface area contributed by atoms with E-state index in [-0.39, 0.29) is 11.8 Å². The molecular formula is C20H34N2O2. The molecule has 0 radical (unpaired) electrons. The molecule has 2 N–H and O–H groups in total. The van der Waals surface area contributed by atoms with Gasteiger partial charge >= 0.3 is 0 Å². The Hall–Kier alpha value is -1.06. The van der Waals surface area contributed by atoms with E-state index in [9.17, 15) is 9.59 Å². The molecule has 0 heterocycles. The summed E-state index contributed by atoms with van der Waals surface area (Å²) in [4.78, 5) is 22.9. The van der Waals surface area contributed by atoms with Gasteiger partial charge in [0.2, 0.25) is 11.8 Å². The third-order valence-corrected chi connectivity index (χ3v) is 6.60. The molecule has 0 aromatic rings. The van der Waals surface area contributed by atoms with Crippen molar-refractivity contribution in [3.05, 3.63) is 0 Å². The van der Waals surface area contributed by atoms with Crippen LogP contribution in [0.25, 0.3) is 0 Å². The van der Waals surface area contributed by atoms with Crippen LogP contribution in [0.3, 0.4) is 0 Å². The Balaban J connectivity index is 1.27. The molecule has 0 spiro atoms. The first-order chi connectivity index (χ1) is 11.5. The smallest absolute Gasteiger partial charge is 0.220 e. The summed E-state index contributed by atoms with van der Waals surface area (Å²) >= 11 is 0. The van der Waals surface area contributed by atoms with E-state index in [0.29, 0.717) is 5.41 Å². The molecule has 0 aromatic carbocycles. The maximum atomic E-state index is 12.1. The van der Waals surface area contributed by atoms with Gasteiger partial charge in [0.1, 0.15) is 0 Å². The molecule has 4 fully saturated rings. The van der Waals surface area contributed by atoms with E-state index >= 15 is 0 Å². The van der Waals surface area contributed by atoms with Crippen LogP contribution in [0.5, 0.6) is 0 Å². The lowest BCUT2D eigenvalue weighted by molar-refractivity contribution is -0.123. The molecule has 4 nitrogen and oxygen atoms in total. The number of carbonyl (C=O) groups is 2. The minimum atomic E-state index is 0.0352. The lowest BCUT2D eigenvalue weighted by Crippen LogP contribution is -2.46. The molecule has 4 rings (SSSR count). The van der Waals surface area contributed by atoms with Gasteiger partial charge in [0.05, 0.1) is 0 Å². The number of carbonyl (C=O) groups excluding carboxylic acids is 2. The Kier molecular flexibility index (Phi) is 5.83. The Morgan fingerprint density at radius 1 is 0.875 bits per heavy atom. The van der Waals surface area contributed by atoms with Crippen LogP contribution in [-0.4, -0.2) is 24.9 Å². The number of hydrogen-bond donors (Lipinski definition) is 2. The lowest BCUT2D eigenvalue weighted by Gasteiger charge is -2.57. The largest absolute Gasteiger partial charge is 0.356 e. The van der Waals surface area contributed by atoms with Crippen LogP contribution < -0.4 is 10.6 Å². The molecule has 4 heteroatoms. The van der Waals surface area contributed by atoms with Gasteiger partial charge in [-0.15, -0.1) is 0 Å². The second kappa shape index (κ2) is 7.88. The third kappa shape index (κ3) is 4.73. The summed E-state index contributed by atoms with van der Waals surface area (Å²) in [5, 5.41) is 5.89. The summed E-state index contributed by atoms with van der Waals surface area (Å²) in [6, 6.07) is 0. The van der Waals surface area contributed by atoms with Crippen molar-refractivity contribution in [2.24, 2.45) is 23.2 Å². The van der Waals surface area contributed by atoms with Gasteiger partial charge in [-0.25, -0.2) is 0 Å². The second-order valence-corrected chi connectivity index (χ2v) is 8.81. The van der Waals surface area contributed by atoms with Gasteiger partial charge in [0.15, 0.2) is 0 Å². The van der Waals surface area contributed by atoms with Gasteiger partial charge in [-0.1, -0.05) is 0 Å². The summed E-state index contributed by atoms with van der Waals surface area (Å²) in [5.41, 5.74) is 0.518. The predicted octanol–water partition coefficient (Wildman–Crippen LogP) is 3.41. The summed E-state index contributed by atoms with van der Waals surface area (Å²) < 4.78 is 0. The predicted molar refractivity (Wildman–Crippen MR) is 95.4 cm³/mol. The molecule has 4 aliphatic rings. The number of amides is 2. The van der Waals surface area contributed by atoms with Gasteiger partial charge in [-0.3, -0.25) is 9.59 Å². The van der Waals surface area contributed by atoms with Crippen molar-refractivity contribution in [2.45, 2.75) is 77.6 Å². The van der Waals surface area contributed by atoms with Crippen LogP contribution in [0.15, 0.2) is 0 Å². The molecule has 0 atom stereocenters. The molecule has 4 saturated carbocycles. The van der Waals surface area contributed by atoms with Gasteiger partial charge in [-0.05, 0) is 87.4 Å². The van der Waals surface area contributed by atoms with Crippen LogP contribution >= 0.6 is 0 Å². The van der Waals surface area contributed by atoms with Gasteiger partial charge in [-0.2, -0.15) is 0 Å². The highest BCUT2D eigenvalue weighted by molar-refractivity contribution is 5.75. The molecule has 0 saturated heterocycles. The van der Waals surface area contributed by atoms with E-state index < -0.39 is 0 Å². The molecule has 0 aliphatic heterocycles. The van der Waals surface area contributed by atoms with E-state index in [4.69, 9.17) is 0 Å². The maximum absolute atomic E-state index is 12.1. The second-order valence-electron chi connectivity index (χ2n) is 8.81. The van der Waals surface area contributed by atoms with Crippen LogP contribution in [0.1, 0.15) is 77.6 Å². The number of unbranched alkanes of at least 4 members (excludes halogenated alkanes) is 2. The summed E-state index contributed by atoms with van der Waals surface area (Å²) in [6.45, 7) is 3.07. The van der Waals surface area contributed by atoms with E-state index in [2.05, 4.69) is 10.6 Å². The summed E-state index contributed by atoms with van der Waals surface area (Å²) in [5.74, 6) is 3.20. The Bertz CT molecular complexity index is 425. The van der Waals surface area contributed by atoms with Gasteiger partial charge < -0.3 is 10.6 Å². The number of rotatable bonds is 9. The van der Waals surface area contributed by atoms with Crippen molar-refractivity contribution < 1.29 is 9.59 Å². The normalized spacial score (nSPS) is 33.5. The highest BCUT2D eigenvalue weighted by Crippen LogP contribution is 2.61. The average Bonchev–Trinajstić information content (AvgIpc) is 2.50. The Morgan fingerprint density at radius 2 is 1.42 bits per heavy atom. The standard InChI is InChI=1S/C20H34N2O2/c1-15(23)21-7-3-2-4-8-22-19(24)5-6-20-12-16-9-17(13-20)11-18(10-16)14-20/h16-18H,2-14H2,1H3,(H,21,23)(H,22,24). The quantitative estimate of drug-likeness (QED) is 0.635. The molecule has 136 valence electrons. The van der Waals surface area contributed by atoms with Crippen molar-refractivity contribution in [2.75, 3.05) is 13.1 Å². The maximum Gasteiger partial charge on any atom is 0.220 e. The zero-order chi connectivity index (χ0) is 17.0. The zero-order valence-corrected chi connectivity index (χ0v) is 15.2. The van der Waals surface area contributed by atoms with E-state index in [1.54, 1.807) is 6.92 Å². The van der Waals surface area contributed by atoms with E-state index in [1.165, 1.54) is 38.5 Å². The Labute approximate surface area is 146 Å². The molecular weight excluding hydrogens is 300 g/mol. The molecule has 2 amide bonds. The molecule has 24 heavy (non-hydrogen) atoms. The van der Waals surface area contributed by atoms with Gasteiger partial charge in [0, 0.05) is 26.4 Å². The minimum absolute atomic E-state index is 0.0352. The fraction of sp³-hybridized carbons (Fsp3) is 0.900. The van der Waals surface area contributed by atoms with E-state index in [1.807, 2.05) is 0 Å². The highest BCUT2D eigenvalue weighted by Gasteiger charge is 2.50. The lowest BCUT2D eigenvalue weighted by atomic mass is 9.48. The monoisotopic (exact) mass is 334 g/mol. The van der Waals surface area contributed by atoms with Crippen molar-refractivity contribution in [3.8, 4) is 0 Å². The molecule has 4 bridgehead atoms. The van der Waals surface area contributed by atoms with Crippen molar-refractivity contribution in [1.29, 1.82) is 0 Å². The zero-order valence-electron chi connectivity index (χ0n) is 15.2. The fourth-order valence-corrected chi connectivity index (χ4v) is 5.98. The first kappa shape index (κ1) is 17.8. The first-order valence-corrected chi connectivity index (χ1v) is 10.1. The summed E-state index contributed by atoms with van der Waals surface area (Å²) in [7, 11) is 0. The fourth-order valence-electron chi connectivity index (χ4n) is 5.98. The highest BCUT2D eigenvalue weighted by atomic mass is 16.2. The molecule has 0 unspecified atom stereocenters. The van der Waals surface area contributed by atoms with Crippen LogP contribution in [-0.2, 0) is 9.59 Å². The number of nitrogens with one attached hydrogen (secondary N) is 2. The minimum Gasteiger partial charge on any atom is -0.356 e. The topological polar surface area (TPSA) is 58.2 Å². The van der Waals surface area contributed by atoms with Gasteiger partial charge in [0.25, 0.3) is 0 Å². The molecule has 0 aromatic heterocycles. The Morgan fingerprint density at radius 3 is 1.96 bits per heavy atom. The third-order valence-electron chi connectivity index (χ3n) is 6.60. The summed E-state index contributed by atoms with van der Waals surface area (Å²) in [6.07, 6.45) is 13.5. The van der Waals surface area contributed by atoms with Crippen molar-refractivity contribution >= 4 is 11.8 Å².